The molecule has 1 heterocycles. The highest BCUT2D eigenvalue weighted by Gasteiger charge is 2.16. The highest BCUT2D eigenvalue weighted by molar-refractivity contribution is 5.97. The van der Waals surface area contributed by atoms with Crippen molar-refractivity contribution in [3.05, 3.63) is 23.4 Å². The lowest BCUT2D eigenvalue weighted by Gasteiger charge is -2.16. The summed E-state index contributed by atoms with van der Waals surface area (Å²) in [5.74, 6) is 0.192. The predicted molar refractivity (Wildman–Crippen MR) is 91.0 cm³/mol. The normalized spacial score (nSPS) is 18.1. The topological polar surface area (TPSA) is 65.4 Å². The summed E-state index contributed by atoms with van der Waals surface area (Å²) in [5.41, 5.74) is 1.15. The maximum atomic E-state index is 12.1. The molecule has 1 aliphatic rings. The molecular weight excluding hydrogens is 290 g/mol. The molecule has 1 N–H and O–H groups in total. The molecule has 0 saturated carbocycles. The minimum atomic E-state index is -0.290. The van der Waals surface area contributed by atoms with E-state index in [1.165, 1.54) is 6.42 Å². The van der Waals surface area contributed by atoms with Crippen LogP contribution in [0.15, 0.2) is 23.4 Å². The van der Waals surface area contributed by atoms with E-state index in [1.54, 1.807) is 18.2 Å². The molecule has 23 heavy (non-hydrogen) atoms. The van der Waals surface area contributed by atoms with Crippen LogP contribution in [0, 0.1) is 17.2 Å². The maximum absolute atomic E-state index is 12.1. The smallest absolute Gasteiger partial charge is 0.261 e. The van der Waals surface area contributed by atoms with Crippen LogP contribution in [0.25, 0.3) is 0 Å². The monoisotopic (exact) mass is 319 g/mol. The van der Waals surface area contributed by atoms with Crippen LogP contribution in [-0.4, -0.2) is 31.2 Å². The van der Waals surface area contributed by atoms with E-state index in [9.17, 15) is 10.1 Å². The first-order valence-corrected chi connectivity index (χ1v) is 8.57. The third-order valence-corrected chi connectivity index (χ3v) is 4.24. The molecule has 128 valence electrons. The molecule has 0 spiro atoms. The van der Waals surface area contributed by atoms with E-state index >= 15 is 0 Å². The van der Waals surface area contributed by atoms with Crippen LogP contribution in [0.5, 0.6) is 0 Å². The van der Waals surface area contributed by atoms with E-state index in [1.807, 2.05) is 12.1 Å². The van der Waals surface area contributed by atoms with Crippen molar-refractivity contribution in [1.29, 1.82) is 5.26 Å². The van der Waals surface area contributed by atoms with Crippen LogP contribution >= 0.6 is 0 Å². The van der Waals surface area contributed by atoms with Crippen molar-refractivity contribution >= 4 is 5.91 Å². The van der Waals surface area contributed by atoms with Crippen molar-refractivity contribution in [1.82, 2.24) is 10.4 Å². The second kappa shape index (κ2) is 10.8. The molecule has 1 aliphatic heterocycles. The third kappa shape index (κ3) is 6.45. The Bertz CT molecular complexity index is 477. The molecule has 0 aromatic heterocycles. The quantitative estimate of drug-likeness (QED) is 0.523. The number of hydrogen-bond donors (Lipinski definition) is 1. The Balaban J connectivity index is 2.59. The zero-order chi connectivity index (χ0) is 17.1. The zero-order valence-corrected chi connectivity index (χ0v) is 14.6. The van der Waals surface area contributed by atoms with Gasteiger partial charge in [0.25, 0.3) is 5.91 Å². The molecule has 0 bridgehead atoms. The van der Waals surface area contributed by atoms with Gasteiger partial charge in [0, 0.05) is 18.8 Å². The van der Waals surface area contributed by atoms with Gasteiger partial charge in [-0.2, -0.15) is 5.26 Å². The zero-order valence-electron chi connectivity index (χ0n) is 14.6. The number of nitriles is 1. The Morgan fingerprint density at radius 2 is 2.30 bits per heavy atom. The molecule has 5 heteroatoms. The summed E-state index contributed by atoms with van der Waals surface area (Å²) >= 11 is 0. The maximum Gasteiger partial charge on any atom is 0.261 e. The lowest BCUT2D eigenvalue weighted by Crippen LogP contribution is -2.30. The fraction of sp³-hybridized carbons (Fsp3) is 0.667. The highest BCUT2D eigenvalue weighted by Crippen LogP contribution is 2.20. The number of nitrogens with one attached hydrogen (secondary N) is 1. The lowest BCUT2D eigenvalue weighted by atomic mass is 9.99. The number of rotatable bonds is 9. The molecule has 0 aliphatic carbocycles. The van der Waals surface area contributed by atoms with Gasteiger partial charge in [-0.1, -0.05) is 33.1 Å². The molecule has 0 aromatic rings. The lowest BCUT2D eigenvalue weighted by molar-refractivity contribution is -0.117. The van der Waals surface area contributed by atoms with Gasteiger partial charge >= 0.3 is 0 Å². The fourth-order valence-corrected chi connectivity index (χ4v) is 2.67. The van der Waals surface area contributed by atoms with Gasteiger partial charge in [0.1, 0.15) is 11.6 Å². The van der Waals surface area contributed by atoms with Crippen molar-refractivity contribution < 1.29 is 9.63 Å². The van der Waals surface area contributed by atoms with Gasteiger partial charge in [0.05, 0.1) is 7.11 Å². The van der Waals surface area contributed by atoms with E-state index in [4.69, 9.17) is 4.84 Å². The number of carbonyl (C=O) groups excluding carboxylic acids is 1. The van der Waals surface area contributed by atoms with Crippen LogP contribution in [0.3, 0.4) is 0 Å². The average molecular weight is 319 g/mol. The summed E-state index contributed by atoms with van der Waals surface area (Å²) in [6.45, 7) is 5.79. The molecule has 1 atom stereocenters. The van der Waals surface area contributed by atoms with Gasteiger partial charge in [0.15, 0.2) is 0 Å². The van der Waals surface area contributed by atoms with Crippen LogP contribution in [0.1, 0.15) is 52.4 Å². The number of allylic oxidation sites excluding steroid dienone is 3. The predicted octanol–water partition coefficient (Wildman–Crippen LogP) is 3.31. The van der Waals surface area contributed by atoms with E-state index in [2.05, 4.69) is 19.2 Å². The van der Waals surface area contributed by atoms with E-state index in [0.29, 0.717) is 12.5 Å². The summed E-state index contributed by atoms with van der Waals surface area (Å²) in [7, 11) is 1.63. The van der Waals surface area contributed by atoms with E-state index in [-0.39, 0.29) is 11.5 Å². The van der Waals surface area contributed by atoms with Gasteiger partial charge in [-0.15, -0.1) is 0 Å². The molecule has 1 amide bonds. The van der Waals surface area contributed by atoms with Crippen LogP contribution in [-0.2, 0) is 9.63 Å². The van der Waals surface area contributed by atoms with E-state index < -0.39 is 0 Å². The van der Waals surface area contributed by atoms with Crippen LogP contribution < -0.4 is 5.32 Å². The average Bonchev–Trinajstić information content (AvgIpc) is 3.03. The summed E-state index contributed by atoms with van der Waals surface area (Å²) < 4.78 is 0. The van der Waals surface area contributed by atoms with Crippen LogP contribution in [0.2, 0.25) is 0 Å². The molecule has 0 radical (unpaired) electrons. The summed E-state index contributed by atoms with van der Waals surface area (Å²) in [4.78, 5) is 17.4. The second-order valence-electron chi connectivity index (χ2n) is 5.86. The largest absolute Gasteiger partial charge is 0.351 e. The Morgan fingerprint density at radius 3 is 2.91 bits per heavy atom. The summed E-state index contributed by atoms with van der Waals surface area (Å²) in [6.07, 6.45) is 9.82. The minimum absolute atomic E-state index is 0.144. The van der Waals surface area contributed by atoms with Crippen molar-refractivity contribution in [3.8, 4) is 6.07 Å². The molecule has 1 rings (SSSR count). The molecule has 1 fully saturated rings. The fourth-order valence-electron chi connectivity index (χ4n) is 2.67. The number of amides is 1. The Labute approximate surface area is 139 Å². The summed E-state index contributed by atoms with van der Waals surface area (Å²) in [5, 5.41) is 13.9. The number of carbonyl (C=O) groups is 1. The highest BCUT2D eigenvalue weighted by atomic mass is 16.7. The first-order chi connectivity index (χ1) is 11.2. The van der Waals surface area contributed by atoms with Gasteiger partial charge in [-0.05, 0) is 37.3 Å². The molecular formula is C18H29N3O2. The van der Waals surface area contributed by atoms with E-state index in [0.717, 1.165) is 44.3 Å². The Hall–Kier alpha value is -1.80. The number of hydrogen-bond acceptors (Lipinski definition) is 4. The van der Waals surface area contributed by atoms with Gasteiger partial charge in [0.2, 0.25) is 0 Å². The number of hydroxylamine groups is 2. The Morgan fingerprint density at radius 1 is 1.52 bits per heavy atom. The standard InChI is InChI=1S/C18H29N3O2/c1-4-6-8-15(5-2)14-20-18(22)16(13-19)10-11-17-9-7-12-21(17)23-3/h10-11,15H,4-9,12,14H2,1-3H3,(H,20,22). The molecule has 5 nitrogen and oxygen atoms in total. The molecule has 0 aromatic carbocycles. The minimum Gasteiger partial charge on any atom is -0.351 e. The Kier molecular flexibility index (Phi) is 9.08. The van der Waals surface area contributed by atoms with Gasteiger partial charge in [-0.3, -0.25) is 14.7 Å². The first-order valence-electron chi connectivity index (χ1n) is 8.57. The first kappa shape index (κ1) is 19.2. The van der Waals surface area contributed by atoms with Crippen molar-refractivity contribution in [2.75, 3.05) is 20.2 Å². The number of unbranched alkanes of at least 4 members (excludes halogenated alkanes) is 1. The third-order valence-electron chi connectivity index (χ3n) is 4.24. The molecule has 1 unspecified atom stereocenters. The van der Waals surface area contributed by atoms with Crippen molar-refractivity contribution in [2.24, 2.45) is 5.92 Å². The molecule has 1 saturated heterocycles. The van der Waals surface area contributed by atoms with Gasteiger partial charge in [-0.25, -0.2) is 0 Å². The van der Waals surface area contributed by atoms with Crippen LogP contribution in [0.4, 0.5) is 0 Å². The number of nitrogens with zero attached hydrogens (tertiary/aromatic N) is 2. The second-order valence-corrected chi connectivity index (χ2v) is 5.86. The SMILES string of the molecule is CCCCC(CC)CNC(=O)C(C#N)=CC=C1CCCN1OC. The summed E-state index contributed by atoms with van der Waals surface area (Å²) in [6, 6.07) is 1.99. The van der Waals surface area contributed by atoms with Gasteiger partial charge < -0.3 is 5.32 Å². The van der Waals surface area contributed by atoms with Crippen molar-refractivity contribution in [2.45, 2.75) is 52.4 Å². The van der Waals surface area contributed by atoms with Crippen molar-refractivity contribution in [3.63, 3.8) is 0 Å².